The number of aryl methyl sites for hydroxylation is 2. The van der Waals surface area contributed by atoms with Gasteiger partial charge in [-0.15, -0.1) is 11.3 Å². The SMILES string of the molecule is CCC(C)Oc1cccc(NC(C)c2cc(C)sc2C)c1. The van der Waals surface area contributed by atoms with Crippen molar-refractivity contribution in [1.29, 1.82) is 0 Å². The summed E-state index contributed by atoms with van der Waals surface area (Å²) in [6.45, 7) is 10.8. The highest BCUT2D eigenvalue weighted by Crippen LogP contribution is 2.29. The van der Waals surface area contributed by atoms with Crippen LogP contribution in [-0.4, -0.2) is 6.10 Å². The van der Waals surface area contributed by atoms with E-state index in [1.54, 1.807) is 0 Å². The molecule has 0 spiro atoms. The lowest BCUT2D eigenvalue weighted by Crippen LogP contribution is -2.10. The molecular weight excluding hydrogens is 278 g/mol. The molecule has 0 aliphatic carbocycles. The lowest BCUT2D eigenvalue weighted by Gasteiger charge is -2.17. The average molecular weight is 303 g/mol. The summed E-state index contributed by atoms with van der Waals surface area (Å²) in [6.07, 6.45) is 1.26. The number of anilines is 1. The minimum atomic E-state index is 0.249. The summed E-state index contributed by atoms with van der Waals surface area (Å²) in [5.41, 5.74) is 2.48. The van der Waals surface area contributed by atoms with Crippen LogP contribution >= 0.6 is 11.3 Å². The van der Waals surface area contributed by atoms with Gasteiger partial charge in [-0.3, -0.25) is 0 Å². The first-order valence-electron chi connectivity index (χ1n) is 7.59. The summed E-state index contributed by atoms with van der Waals surface area (Å²) in [6, 6.07) is 10.8. The third-order valence-corrected chi connectivity index (χ3v) is 4.66. The van der Waals surface area contributed by atoms with Crippen molar-refractivity contribution >= 4 is 17.0 Å². The van der Waals surface area contributed by atoms with E-state index >= 15 is 0 Å². The fourth-order valence-electron chi connectivity index (χ4n) is 2.38. The van der Waals surface area contributed by atoms with Crippen LogP contribution in [0.2, 0.25) is 0 Å². The van der Waals surface area contributed by atoms with Crippen LogP contribution in [-0.2, 0) is 0 Å². The van der Waals surface area contributed by atoms with Crippen molar-refractivity contribution in [3.05, 3.63) is 45.6 Å². The van der Waals surface area contributed by atoms with E-state index in [-0.39, 0.29) is 6.10 Å². The molecule has 114 valence electrons. The van der Waals surface area contributed by atoms with Crippen LogP contribution < -0.4 is 10.1 Å². The Balaban J connectivity index is 2.09. The molecule has 0 fully saturated rings. The van der Waals surface area contributed by atoms with Crippen LogP contribution in [0.15, 0.2) is 30.3 Å². The first-order chi connectivity index (χ1) is 9.99. The number of nitrogens with one attached hydrogen (secondary N) is 1. The van der Waals surface area contributed by atoms with Crippen molar-refractivity contribution in [1.82, 2.24) is 0 Å². The molecule has 1 heterocycles. The molecule has 0 saturated carbocycles. The first-order valence-corrected chi connectivity index (χ1v) is 8.41. The maximum atomic E-state index is 5.88. The van der Waals surface area contributed by atoms with Crippen molar-refractivity contribution in [2.45, 2.75) is 53.2 Å². The molecule has 0 saturated heterocycles. The number of hydrogen-bond acceptors (Lipinski definition) is 3. The maximum absolute atomic E-state index is 5.88. The van der Waals surface area contributed by atoms with Crippen molar-refractivity contribution in [3.63, 3.8) is 0 Å². The van der Waals surface area contributed by atoms with E-state index in [0.29, 0.717) is 6.04 Å². The highest BCUT2D eigenvalue weighted by molar-refractivity contribution is 7.12. The van der Waals surface area contributed by atoms with Gasteiger partial charge in [0, 0.05) is 27.5 Å². The summed E-state index contributed by atoms with van der Waals surface area (Å²) >= 11 is 1.86. The van der Waals surface area contributed by atoms with Gasteiger partial charge in [0.15, 0.2) is 0 Å². The molecule has 0 radical (unpaired) electrons. The van der Waals surface area contributed by atoms with E-state index in [1.807, 2.05) is 23.5 Å². The van der Waals surface area contributed by atoms with Gasteiger partial charge in [0.05, 0.1) is 6.10 Å². The van der Waals surface area contributed by atoms with Crippen LogP contribution in [0.3, 0.4) is 0 Å². The van der Waals surface area contributed by atoms with Crippen molar-refractivity contribution in [3.8, 4) is 5.75 Å². The third kappa shape index (κ3) is 4.24. The van der Waals surface area contributed by atoms with E-state index in [0.717, 1.165) is 17.9 Å². The Kier molecular flexibility index (Phi) is 5.29. The van der Waals surface area contributed by atoms with Crippen molar-refractivity contribution in [2.24, 2.45) is 0 Å². The number of rotatable bonds is 6. The van der Waals surface area contributed by atoms with Gasteiger partial charge in [-0.2, -0.15) is 0 Å². The zero-order chi connectivity index (χ0) is 15.4. The molecule has 21 heavy (non-hydrogen) atoms. The van der Waals surface area contributed by atoms with Gasteiger partial charge in [0.1, 0.15) is 5.75 Å². The summed E-state index contributed by atoms with van der Waals surface area (Å²) in [5, 5.41) is 3.57. The van der Waals surface area contributed by atoms with E-state index in [2.05, 4.69) is 58.1 Å². The Labute approximate surface area is 132 Å². The average Bonchev–Trinajstić information content (AvgIpc) is 2.78. The van der Waals surface area contributed by atoms with Gasteiger partial charge in [0.2, 0.25) is 0 Å². The predicted octanol–water partition coefficient (Wildman–Crippen LogP) is 5.72. The quantitative estimate of drug-likeness (QED) is 0.737. The number of benzene rings is 1. The van der Waals surface area contributed by atoms with Crippen LogP contribution in [0.1, 0.15) is 48.6 Å². The van der Waals surface area contributed by atoms with Gasteiger partial charge in [0.25, 0.3) is 0 Å². The second-order valence-electron chi connectivity index (χ2n) is 5.60. The maximum Gasteiger partial charge on any atom is 0.121 e. The molecule has 3 heteroatoms. The van der Waals surface area contributed by atoms with E-state index in [9.17, 15) is 0 Å². The Morgan fingerprint density at radius 2 is 1.95 bits per heavy atom. The lowest BCUT2D eigenvalue weighted by atomic mass is 10.1. The van der Waals surface area contributed by atoms with Crippen LogP contribution in [0.4, 0.5) is 5.69 Å². The molecule has 2 rings (SSSR count). The van der Waals surface area contributed by atoms with E-state index in [4.69, 9.17) is 4.74 Å². The molecule has 0 aliphatic heterocycles. The molecule has 1 aromatic carbocycles. The molecule has 1 aromatic heterocycles. The van der Waals surface area contributed by atoms with Gasteiger partial charge >= 0.3 is 0 Å². The summed E-state index contributed by atoms with van der Waals surface area (Å²) in [5.74, 6) is 0.930. The molecule has 0 bridgehead atoms. The topological polar surface area (TPSA) is 21.3 Å². The summed E-state index contributed by atoms with van der Waals surface area (Å²) in [4.78, 5) is 2.75. The number of ether oxygens (including phenoxy) is 1. The van der Waals surface area contributed by atoms with Crippen LogP contribution in [0.5, 0.6) is 5.75 Å². The summed E-state index contributed by atoms with van der Waals surface area (Å²) < 4.78 is 5.88. The predicted molar refractivity (Wildman–Crippen MR) is 92.7 cm³/mol. The highest BCUT2D eigenvalue weighted by atomic mass is 32.1. The van der Waals surface area contributed by atoms with Crippen molar-refractivity contribution < 1.29 is 4.74 Å². The van der Waals surface area contributed by atoms with Gasteiger partial charge in [-0.25, -0.2) is 0 Å². The largest absolute Gasteiger partial charge is 0.491 e. The molecular formula is C18H25NOS. The Bertz CT molecular complexity index is 591. The molecule has 0 amide bonds. The van der Waals surface area contributed by atoms with Crippen LogP contribution in [0, 0.1) is 13.8 Å². The standard InChI is InChI=1S/C18H25NOS/c1-6-12(2)20-17-9-7-8-16(11-17)19-14(4)18-10-13(3)21-15(18)5/h7-12,14,19H,6H2,1-5H3. The van der Waals surface area contributed by atoms with Gasteiger partial charge < -0.3 is 10.1 Å². The zero-order valence-electron chi connectivity index (χ0n) is 13.6. The minimum Gasteiger partial charge on any atom is -0.491 e. The van der Waals surface area contributed by atoms with E-state index in [1.165, 1.54) is 15.3 Å². The highest BCUT2D eigenvalue weighted by Gasteiger charge is 2.11. The zero-order valence-corrected chi connectivity index (χ0v) is 14.4. The summed E-state index contributed by atoms with van der Waals surface area (Å²) in [7, 11) is 0. The first kappa shape index (κ1) is 15.9. The number of thiophene rings is 1. The van der Waals surface area contributed by atoms with Gasteiger partial charge in [-0.1, -0.05) is 13.0 Å². The smallest absolute Gasteiger partial charge is 0.121 e. The van der Waals surface area contributed by atoms with Gasteiger partial charge in [-0.05, 0) is 57.9 Å². The Morgan fingerprint density at radius 3 is 2.57 bits per heavy atom. The second-order valence-corrected chi connectivity index (χ2v) is 7.06. The molecule has 2 aromatic rings. The molecule has 2 unspecified atom stereocenters. The lowest BCUT2D eigenvalue weighted by molar-refractivity contribution is 0.217. The third-order valence-electron chi connectivity index (χ3n) is 3.68. The Hall–Kier alpha value is -1.48. The van der Waals surface area contributed by atoms with E-state index < -0.39 is 0 Å². The fourth-order valence-corrected chi connectivity index (χ4v) is 3.41. The monoisotopic (exact) mass is 303 g/mol. The fraction of sp³-hybridized carbons (Fsp3) is 0.444. The molecule has 2 nitrogen and oxygen atoms in total. The normalized spacial score (nSPS) is 13.8. The van der Waals surface area contributed by atoms with Crippen molar-refractivity contribution in [2.75, 3.05) is 5.32 Å². The molecule has 1 N–H and O–H groups in total. The second kappa shape index (κ2) is 6.99. The molecule has 0 aliphatic rings. The molecule has 2 atom stereocenters. The van der Waals surface area contributed by atoms with Crippen LogP contribution in [0.25, 0.3) is 0 Å². The minimum absolute atomic E-state index is 0.249. The Morgan fingerprint density at radius 1 is 1.19 bits per heavy atom. The number of hydrogen-bond donors (Lipinski definition) is 1.